The maximum atomic E-state index is 13.3. The van der Waals surface area contributed by atoms with Gasteiger partial charge >= 0.3 is 5.91 Å². The highest BCUT2D eigenvalue weighted by molar-refractivity contribution is 6.51. The fraction of sp³-hybridized carbons (Fsp3) is 0.138. The van der Waals surface area contributed by atoms with Gasteiger partial charge in [-0.1, -0.05) is 53.2 Å². The molecule has 3 aromatic carbocycles. The van der Waals surface area contributed by atoms with E-state index in [9.17, 15) is 14.7 Å². The predicted molar refractivity (Wildman–Crippen MR) is 141 cm³/mol. The monoisotopic (exact) mass is 530 g/mol. The lowest BCUT2D eigenvalue weighted by atomic mass is 9.95. The third kappa shape index (κ3) is 4.73. The molecule has 1 N–H and O–H groups in total. The van der Waals surface area contributed by atoms with Crippen molar-refractivity contribution in [3.63, 3.8) is 0 Å². The molecule has 9 heteroatoms. The Bertz CT molecular complexity index is 1530. The van der Waals surface area contributed by atoms with Crippen LogP contribution in [0.1, 0.15) is 28.5 Å². The summed E-state index contributed by atoms with van der Waals surface area (Å²) in [5.41, 5.74) is 1.72. The number of halogens is 1. The standard InChI is InChI=1S/C29H23ClN2O6/c1-17-14-24(31-38-17)32-26(25(28(34)29(32)35)27(33)19-8-11-21(30)12-9-19)20-10-13-22(23(15-20)36-2)37-16-18-6-4-3-5-7-18/h3-15,26,33H,16H2,1-2H3/t26-/m0/s1. The molecule has 0 spiro atoms. The number of benzene rings is 3. The summed E-state index contributed by atoms with van der Waals surface area (Å²) in [5, 5.41) is 15.7. The van der Waals surface area contributed by atoms with Gasteiger partial charge in [0, 0.05) is 16.7 Å². The average Bonchev–Trinajstić information content (AvgIpc) is 3.48. The fourth-order valence-electron chi connectivity index (χ4n) is 4.32. The number of rotatable bonds is 7. The van der Waals surface area contributed by atoms with E-state index in [0.717, 1.165) is 5.56 Å². The summed E-state index contributed by atoms with van der Waals surface area (Å²) < 4.78 is 16.7. The van der Waals surface area contributed by atoms with E-state index in [4.69, 9.17) is 25.6 Å². The Labute approximate surface area is 223 Å². The summed E-state index contributed by atoms with van der Waals surface area (Å²) in [4.78, 5) is 27.8. The van der Waals surface area contributed by atoms with Crippen LogP contribution in [-0.4, -0.2) is 29.1 Å². The van der Waals surface area contributed by atoms with Gasteiger partial charge in [0.2, 0.25) is 0 Å². The Hall–Kier alpha value is -4.56. The van der Waals surface area contributed by atoms with Crippen LogP contribution in [0.3, 0.4) is 0 Å². The zero-order valence-electron chi connectivity index (χ0n) is 20.6. The molecule has 38 heavy (non-hydrogen) atoms. The maximum absolute atomic E-state index is 13.3. The van der Waals surface area contributed by atoms with Crippen molar-refractivity contribution in [2.24, 2.45) is 0 Å². The quantitative estimate of drug-likeness (QED) is 0.182. The van der Waals surface area contributed by atoms with Crippen molar-refractivity contribution in [3.05, 3.63) is 112 Å². The van der Waals surface area contributed by atoms with Gasteiger partial charge in [-0.25, -0.2) is 0 Å². The summed E-state index contributed by atoms with van der Waals surface area (Å²) in [7, 11) is 1.50. The number of amides is 1. The summed E-state index contributed by atoms with van der Waals surface area (Å²) in [6.07, 6.45) is 0. The number of ketones is 1. The minimum Gasteiger partial charge on any atom is -0.507 e. The van der Waals surface area contributed by atoms with Crippen molar-refractivity contribution in [2.75, 3.05) is 12.0 Å². The molecule has 0 aliphatic carbocycles. The van der Waals surface area contributed by atoms with E-state index in [1.807, 2.05) is 30.3 Å². The lowest BCUT2D eigenvalue weighted by Crippen LogP contribution is -2.29. The van der Waals surface area contributed by atoms with Crippen molar-refractivity contribution in [1.29, 1.82) is 0 Å². The number of aromatic nitrogens is 1. The molecule has 1 saturated heterocycles. The molecule has 5 rings (SSSR count). The number of hydrogen-bond donors (Lipinski definition) is 1. The number of ether oxygens (including phenoxy) is 2. The number of hydrogen-bond acceptors (Lipinski definition) is 7. The molecular weight excluding hydrogens is 508 g/mol. The highest BCUT2D eigenvalue weighted by atomic mass is 35.5. The van der Waals surface area contributed by atoms with Crippen LogP contribution in [0.15, 0.2) is 89.0 Å². The Morgan fingerprint density at radius 2 is 1.76 bits per heavy atom. The molecule has 192 valence electrons. The van der Waals surface area contributed by atoms with Crippen molar-refractivity contribution >= 4 is 34.9 Å². The molecule has 0 unspecified atom stereocenters. The average molecular weight is 531 g/mol. The van der Waals surface area contributed by atoms with E-state index in [-0.39, 0.29) is 17.2 Å². The number of aliphatic hydroxyl groups is 1. The van der Waals surface area contributed by atoms with Crippen LogP contribution in [0.5, 0.6) is 11.5 Å². The molecule has 1 fully saturated rings. The van der Waals surface area contributed by atoms with Gasteiger partial charge in [-0.3, -0.25) is 14.5 Å². The molecule has 1 aliphatic heterocycles. The zero-order valence-corrected chi connectivity index (χ0v) is 21.3. The van der Waals surface area contributed by atoms with Gasteiger partial charge in [0.05, 0.1) is 18.7 Å². The van der Waals surface area contributed by atoms with Crippen LogP contribution >= 0.6 is 11.6 Å². The highest BCUT2D eigenvalue weighted by Gasteiger charge is 2.48. The summed E-state index contributed by atoms with van der Waals surface area (Å²) in [6.45, 7) is 2.00. The molecule has 4 aromatic rings. The van der Waals surface area contributed by atoms with Crippen molar-refractivity contribution in [2.45, 2.75) is 19.6 Å². The molecule has 0 bridgehead atoms. The summed E-state index contributed by atoms with van der Waals surface area (Å²) >= 11 is 6.00. The van der Waals surface area contributed by atoms with Gasteiger partial charge in [-0.05, 0) is 54.4 Å². The molecule has 0 saturated carbocycles. The Morgan fingerprint density at radius 3 is 2.42 bits per heavy atom. The molecule has 0 radical (unpaired) electrons. The molecule has 1 aromatic heterocycles. The van der Waals surface area contributed by atoms with Gasteiger partial charge in [-0.15, -0.1) is 0 Å². The minimum absolute atomic E-state index is 0.0991. The Kier molecular flexibility index (Phi) is 6.89. The number of methoxy groups -OCH3 is 1. The Morgan fingerprint density at radius 1 is 1.03 bits per heavy atom. The van der Waals surface area contributed by atoms with E-state index in [1.165, 1.54) is 12.0 Å². The predicted octanol–water partition coefficient (Wildman–Crippen LogP) is 5.85. The molecule has 1 aliphatic rings. The second-order valence-corrected chi connectivity index (χ2v) is 9.09. The van der Waals surface area contributed by atoms with Crippen molar-refractivity contribution in [1.82, 2.24) is 5.16 Å². The first kappa shape index (κ1) is 25.1. The van der Waals surface area contributed by atoms with E-state index in [0.29, 0.717) is 40.0 Å². The van der Waals surface area contributed by atoms with Crippen LogP contribution in [0.25, 0.3) is 5.76 Å². The minimum atomic E-state index is -1.01. The van der Waals surface area contributed by atoms with E-state index < -0.39 is 17.7 Å². The van der Waals surface area contributed by atoms with Crippen LogP contribution < -0.4 is 14.4 Å². The second-order valence-electron chi connectivity index (χ2n) is 8.66. The van der Waals surface area contributed by atoms with Crippen LogP contribution in [0, 0.1) is 6.92 Å². The highest BCUT2D eigenvalue weighted by Crippen LogP contribution is 2.44. The number of nitrogens with zero attached hydrogens (tertiary/aromatic N) is 2. The number of aryl methyl sites for hydroxylation is 1. The third-order valence-electron chi connectivity index (χ3n) is 6.17. The number of Topliss-reactive ketones (excluding diaryl/α,β-unsaturated/α-hetero) is 1. The topological polar surface area (TPSA) is 102 Å². The SMILES string of the molecule is COc1cc([C@H]2C(=C(O)c3ccc(Cl)cc3)C(=O)C(=O)N2c2cc(C)on2)ccc1OCc1ccccc1. The second kappa shape index (κ2) is 10.4. The van der Waals surface area contributed by atoms with Crippen molar-refractivity contribution < 1.29 is 28.7 Å². The van der Waals surface area contributed by atoms with Crippen LogP contribution in [-0.2, 0) is 16.2 Å². The first-order chi connectivity index (χ1) is 18.4. The van der Waals surface area contributed by atoms with Crippen LogP contribution in [0.2, 0.25) is 5.02 Å². The molecule has 1 atom stereocenters. The Balaban J connectivity index is 1.60. The van der Waals surface area contributed by atoms with Gasteiger partial charge in [0.1, 0.15) is 18.1 Å². The number of carbonyl (C=O) groups excluding carboxylic acids is 2. The number of carbonyl (C=O) groups is 2. The normalized spacial score (nSPS) is 16.6. The van der Waals surface area contributed by atoms with Gasteiger partial charge < -0.3 is 19.1 Å². The molecule has 2 heterocycles. The van der Waals surface area contributed by atoms with Gasteiger partial charge in [0.25, 0.3) is 5.78 Å². The van der Waals surface area contributed by atoms with Gasteiger partial charge in [-0.2, -0.15) is 0 Å². The fourth-order valence-corrected chi connectivity index (χ4v) is 4.45. The molecular formula is C29H23ClN2O6. The zero-order chi connectivity index (χ0) is 26.8. The van der Waals surface area contributed by atoms with E-state index in [2.05, 4.69) is 5.16 Å². The van der Waals surface area contributed by atoms with Gasteiger partial charge in [0.15, 0.2) is 17.3 Å². The van der Waals surface area contributed by atoms with Crippen LogP contribution in [0.4, 0.5) is 5.82 Å². The summed E-state index contributed by atoms with van der Waals surface area (Å²) in [5.74, 6) is -0.558. The van der Waals surface area contributed by atoms with Crippen molar-refractivity contribution in [3.8, 4) is 11.5 Å². The third-order valence-corrected chi connectivity index (χ3v) is 6.42. The lowest BCUT2D eigenvalue weighted by molar-refractivity contribution is -0.132. The van der Waals surface area contributed by atoms with E-state index in [1.54, 1.807) is 55.5 Å². The first-order valence-electron chi connectivity index (χ1n) is 11.7. The smallest absolute Gasteiger partial charge is 0.301 e. The lowest BCUT2D eigenvalue weighted by Gasteiger charge is -2.24. The number of aliphatic hydroxyl groups excluding tert-OH is 1. The molecule has 1 amide bonds. The largest absolute Gasteiger partial charge is 0.507 e. The van der Waals surface area contributed by atoms with E-state index >= 15 is 0 Å². The summed E-state index contributed by atoms with van der Waals surface area (Å²) in [6, 6.07) is 21.6. The number of anilines is 1. The maximum Gasteiger partial charge on any atom is 0.301 e. The molecule has 8 nitrogen and oxygen atoms in total. The first-order valence-corrected chi connectivity index (χ1v) is 12.1.